The minimum atomic E-state index is -0.718. The Morgan fingerprint density at radius 1 is 1.19 bits per heavy atom. The zero-order valence-corrected chi connectivity index (χ0v) is 21.1. The fourth-order valence-corrected chi connectivity index (χ4v) is 4.62. The van der Waals surface area contributed by atoms with E-state index in [0.717, 1.165) is 24.1 Å². The van der Waals surface area contributed by atoms with Crippen LogP contribution in [0.15, 0.2) is 29.3 Å². The summed E-state index contributed by atoms with van der Waals surface area (Å²) in [4.78, 5) is 11.2. The van der Waals surface area contributed by atoms with Gasteiger partial charge in [-0.25, -0.2) is 13.8 Å². The van der Waals surface area contributed by atoms with E-state index in [2.05, 4.69) is 20.6 Å². The highest BCUT2D eigenvalue weighted by atomic mass is 32.2. The molecular formula is C24H26F2N8OS. The summed E-state index contributed by atoms with van der Waals surface area (Å²) in [6.07, 6.45) is 5.37. The van der Waals surface area contributed by atoms with Gasteiger partial charge in [0.2, 0.25) is 5.95 Å². The molecule has 1 aromatic carbocycles. The second-order valence-corrected chi connectivity index (χ2v) is 9.68. The zero-order valence-electron chi connectivity index (χ0n) is 20.3. The van der Waals surface area contributed by atoms with Gasteiger partial charge < -0.3 is 15.3 Å². The van der Waals surface area contributed by atoms with Crippen LogP contribution in [-0.4, -0.2) is 48.4 Å². The van der Waals surface area contributed by atoms with Crippen molar-refractivity contribution in [2.45, 2.75) is 37.2 Å². The van der Waals surface area contributed by atoms with Crippen LogP contribution >= 0.6 is 11.8 Å². The summed E-state index contributed by atoms with van der Waals surface area (Å²) in [5.74, 6) is -0.142. The number of rotatable bonds is 8. The molecule has 3 N–H and O–H groups in total. The Balaban J connectivity index is 1.71. The minimum absolute atomic E-state index is 0.0772. The first kappa shape index (κ1) is 24.2. The number of thioether (sulfide) groups is 1. The predicted molar refractivity (Wildman–Crippen MR) is 135 cm³/mol. The van der Waals surface area contributed by atoms with Crippen LogP contribution in [0.2, 0.25) is 0 Å². The molecule has 1 aliphatic carbocycles. The SMILES string of the molecule is CSc1cc(F)c(N(C)c2nc(Nc3cc(C)[nH]n3)c(C3CC3)c(-c3nn(C)cc3CO)n2)c(F)c1. The van der Waals surface area contributed by atoms with E-state index < -0.39 is 11.6 Å². The Bertz CT molecular complexity index is 1410. The third-order valence-corrected chi connectivity index (χ3v) is 6.74. The number of benzene rings is 1. The van der Waals surface area contributed by atoms with Crippen LogP contribution in [0.1, 0.15) is 35.6 Å². The summed E-state index contributed by atoms with van der Waals surface area (Å²) < 4.78 is 31.6. The lowest BCUT2D eigenvalue weighted by Crippen LogP contribution is -2.18. The largest absolute Gasteiger partial charge is 0.392 e. The van der Waals surface area contributed by atoms with Gasteiger partial charge in [-0.15, -0.1) is 11.8 Å². The number of hydrogen-bond donors (Lipinski definition) is 3. The monoisotopic (exact) mass is 512 g/mol. The van der Waals surface area contributed by atoms with E-state index in [1.165, 1.54) is 35.8 Å². The molecule has 4 aromatic rings. The van der Waals surface area contributed by atoms with Crippen LogP contribution in [0.5, 0.6) is 0 Å². The van der Waals surface area contributed by atoms with E-state index in [4.69, 9.17) is 9.97 Å². The van der Waals surface area contributed by atoms with Gasteiger partial charge in [0.05, 0.1) is 6.61 Å². The topological polar surface area (TPSA) is 108 Å². The molecule has 0 aliphatic heterocycles. The molecule has 0 bridgehead atoms. The van der Waals surface area contributed by atoms with Gasteiger partial charge in [-0.2, -0.15) is 15.2 Å². The molecule has 1 fully saturated rings. The second kappa shape index (κ2) is 9.51. The molecule has 5 rings (SSSR count). The number of aliphatic hydroxyl groups excluding tert-OH is 1. The van der Waals surface area contributed by atoms with Crippen LogP contribution in [0, 0.1) is 18.6 Å². The maximum Gasteiger partial charge on any atom is 0.232 e. The second-order valence-electron chi connectivity index (χ2n) is 8.80. The van der Waals surface area contributed by atoms with Gasteiger partial charge in [0.1, 0.15) is 22.9 Å². The number of halogens is 2. The molecule has 36 heavy (non-hydrogen) atoms. The first-order chi connectivity index (χ1) is 17.3. The van der Waals surface area contributed by atoms with Crippen molar-refractivity contribution in [1.29, 1.82) is 0 Å². The molecule has 0 unspecified atom stereocenters. The van der Waals surface area contributed by atoms with Crippen LogP contribution in [0.4, 0.5) is 32.1 Å². The maximum atomic E-state index is 15.0. The lowest BCUT2D eigenvalue weighted by atomic mass is 10.0. The van der Waals surface area contributed by atoms with Crippen LogP contribution in [-0.2, 0) is 13.7 Å². The fourth-order valence-electron chi connectivity index (χ4n) is 4.18. The smallest absolute Gasteiger partial charge is 0.232 e. The Hall–Kier alpha value is -3.51. The third kappa shape index (κ3) is 4.53. The van der Waals surface area contributed by atoms with E-state index in [1.54, 1.807) is 24.2 Å². The molecular weight excluding hydrogens is 486 g/mol. The first-order valence-electron chi connectivity index (χ1n) is 11.4. The van der Waals surface area contributed by atoms with Gasteiger partial charge in [0.25, 0.3) is 0 Å². The number of H-pyrrole nitrogens is 1. The van der Waals surface area contributed by atoms with Crippen molar-refractivity contribution < 1.29 is 13.9 Å². The van der Waals surface area contributed by atoms with E-state index in [-0.39, 0.29) is 24.2 Å². The zero-order chi connectivity index (χ0) is 25.6. The van der Waals surface area contributed by atoms with E-state index in [0.29, 0.717) is 33.5 Å². The Kier molecular flexibility index (Phi) is 6.39. The van der Waals surface area contributed by atoms with Crippen molar-refractivity contribution in [3.8, 4) is 11.4 Å². The number of aryl methyl sites for hydroxylation is 2. The lowest BCUT2D eigenvalue weighted by Gasteiger charge is -2.22. The molecule has 0 atom stereocenters. The summed E-state index contributed by atoms with van der Waals surface area (Å²) in [5, 5.41) is 24.9. The summed E-state index contributed by atoms with van der Waals surface area (Å²) in [6.45, 7) is 1.65. The highest BCUT2D eigenvalue weighted by molar-refractivity contribution is 7.98. The highest BCUT2D eigenvalue weighted by Gasteiger charge is 2.34. The Morgan fingerprint density at radius 3 is 2.50 bits per heavy atom. The number of anilines is 4. The van der Waals surface area contributed by atoms with Crippen molar-refractivity contribution in [2.24, 2.45) is 7.05 Å². The van der Waals surface area contributed by atoms with Crippen LogP contribution < -0.4 is 10.2 Å². The Labute approximate surface area is 211 Å². The predicted octanol–water partition coefficient (Wildman–Crippen LogP) is 4.79. The summed E-state index contributed by atoms with van der Waals surface area (Å²) in [5.41, 5.74) is 3.04. The quantitative estimate of drug-likeness (QED) is 0.289. The summed E-state index contributed by atoms with van der Waals surface area (Å²) in [6, 6.07) is 4.41. The Morgan fingerprint density at radius 2 is 1.92 bits per heavy atom. The number of aliphatic hydroxyl groups is 1. The van der Waals surface area contributed by atoms with E-state index >= 15 is 8.78 Å². The van der Waals surface area contributed by atoms with E-state index in [9.17, 15) is 5.11 Å². The highest BCUT2D eigenvalue weighted by Crippen LogP contribution is 2.48. The van der Waals surface area contributed by atoms with Gasteiger partial charge >= 0.3 is 0 Å². The average Bonchev–Trinajstić information content (AvgIpc) is 3.49. The molecule has 0 radical (unpaired) electrons. The van der Waals surface area contributed by atoms with Crippen molar-refractivity contribution in [3.05, 3.63) is 52.9 Å². The van der Waals surface area contributed by atoms with Gasteiger partial charge in [-0.05, 0) is 44.1 Å². The normalized spacial score (nSPS) is 13.3. The molecule has 9 nitrogen and oxygen atoms in total. The number of aromatic amines is 1. The van der Waals surface area contributed by atoms with Crippen LogP contribution in [0.25, 0.3) is 11.4 Å². The minimum Gasteiger partial charge on any atom is -0.392 e. The standard InChI is InChI=1S/C24H26F2N8OS/c1-12-7-18(31-30-12)27-23-19(13-5-6-13)21(20-14(11-35)10-33(2)32-20)28-24(29-23)34(3)22-16(25)8-15(36-4)9-17(22)26/h7-10,13,35H,5-6,11H2,1-4H3,(H2,27,28,29,30,31). The number of aromatic nitrogens is 6. The average molecular weight is 513 g/mol. The maximum absolute atomic E-state index is 15.0. The number of hydrogen-bond acceptors (Lipinski definition) is 8. The van der Waals surface area contributed by atoms with Gasteiger partial charge in [0, 0.05) is 48.1 Å². The third-order valence-electron chi connectivity index (χ3n) is 6.03. The van der Waals surface area contributed by atoms with Gasteiger partial charge in [-0.3, -0.25) is 9.78 Å². The first-order valence-corrected chi connectivity index (χ1v) is 12.6. The van der Waals surface area contributed by atoms with Crippen molar-refractivity contribution in [3.63, 3.8) is 0 Å². The molecule has 0 amide bonds. The lowest BCUT2D eigenvalue weighted by molar-refractivity contribution is 0.282. The fraction of sp³-hybridized carbons (Fsp3) is 0.333. The molecule has 188 valence electrons. The number of nitrogens with one attached hydrogen (secondary N) is 2. The van der Waals surface area contributed by atoms with E-state index in [1.807, 2.05) is 13.0 Å². The molecule has 1 aliphatic rings. The van der Waals surface area contributed by atoms with Gasteiger partial charge in [0.15, 0.2) is 17.5 Å². The number of nitrogens with zero attached hydrogens (tertiary/aromatic N) is 6. The van der Waals surface area contributed by atoms with Crippen molar-refractivity contribution >= 4 is 35.0 Å². The molecule has 3 aromatic heterocycles. The summed E-state index contributed by atoms with van der Waals surface area (Å²) in [7, 11) is 3.28. The van der Waals surface area contributed by atoms with Gasteiger partial charge in [-0.1, -0.05) is 0 Å². The molecule has 0 saturated heterocycles. The molecule has 1 saturated carbocycles. The van der Waals surface area contributed by atoms with Crippen molar-refractivity contribution in [1.82, 2.24) is 29.9 Å². The van der Waals surface area contributed by atoms with Crippen LogP contribution in [0.3, 0.4) is 0 Å². The summed E-state index contributed by atoms with van der Waals surface area (Å²) >= 11 is 1.25. The van der Waals surface area contributed by atoms with Crippen molar-refractivity contribution in [2.75, 3.05) is 23.5 Å². The molecule has 3 heterocycles. The molecule has 0 spiro atoms. The molecule has 12 heteroatoms.